The third kappa shape index (κ3) is 2.80. The first-order chi connectivity index (χ1) is 9.40. The highest BCUT2D eigenvalue weighted by Gasteiger charge is 2.15. The molecule has 1 N–H and O–H groups in total. The summed E-state index contributed by atoms with van der Waals surface area (Å²) in [6.07, 6.45) is -0.909. The molecule has 20 heavy (non-hydrogen) atoms. The standard InChI is InChI=1S/C16H16F2O2/c1-9-5-4-6-14(16(9)18)20-15-7-10(2)13(17)8-12(15)11(3)19/h4-8,11,19H,1-3H3/t11-/m1/s1. The highest BCUT2D eigenvalue weighted by molar-refractivity contribution is 5.43. The predicted octanol–water partition coefficient (Wildman–Crippen LogP) is 4.43. The Labute approximate surface area is 116 Å². The van der Waals surface area contributed by atoms with Gasteiger partial charge in [0.05, 0.1) is 6.10 Å². The van der Waals surface area contributed by atoms with Gasteiger partial charge in [0.2, 0.25) is 0 Å². The van der Waals surface area contributed by atoms with Crippen molar-refractivity contribution in [2.75, 3.05) is 0 Å². The predicted molar refractivity (Wildman–Crippen MR) is 73.0 cm³/mol. The fourth-order valence-electron chi connectivity index (χ4n) is 1.90. The monoisotopic (exact) mass is 278 g/mol. The van der Waals surface area contributed by atoms with E-state index in [0.717, 1.165) is 0 Å². The molecule has 2 rings (SSSR count). The van der Waals surface area contributed by atoms with Gasteiger partial charge < -0.3 is 9.84 Å². The number of hydrogen-bond acceptors (Lipinski definition) is 2. The van der Waals surface area contributed by atoms with Crippen LogP contribution in [0.1, 0.15) is 29.7 Å². The minimum atomic E-state index is -0.909. The molecule has 0 fully saturated rings. The van der Waals surface area contributed by atoms with Gasteiger partial charge in [-0.25, -0.2) is 8.78 Å². The van der Waals surface area contributed by atoms with Gasteiger partial charge in [0.15, 0.2) is 11.6 Å². The summed E-state index contributed by atoms with van der Waals surface area (Å²) in [6.45, 7) is 4.72. The first-order valence-corrected chi connectivity index (χ1v) is 6.31. The lowest BCUT2D eigenvalue weighted by molar-refractivity contribution is 0.195. The van der Waals surface area contributed by atoms with Gasteiger partial charge >= 0.3 is 0 Å². The Morgan fingerprint density at radius 1 is 1.05 bits per heavy atom. The number of ether oxygens (including phenoxy) is 1. The molecule has 106 valence electrons. The van der Waals surface area contributed by atoms with Crippen LogP contribution in [0.3, 0.4) is 0 Å². The Hall–Kier alpha value is -1.94. The van der Waals surface area contributed by atoms with E-state index in [2.05, 4.69) is 0 Å². The highest BCUT2D eigenvalue weighted by Crippen LogP contribution is 2.33. The summed E-state index contributed by atoms with van der Waals surface area (Å²) in [4.78, 5) is 0. The first-order valence-electron chi connectivity index (χ1n) is 6.31. The van der Waals surface area contributed by atoms with E-state index in [-0.39, 0.29) is 17.1 Å². The van der Waals surface area contributed by atoms with E-state index in [9.17, 15) is 13.9 Å². The Balaban J connectivity index is 2.47. The van der Waals surface area contributed by atoms with Crippen molar-refractivity contribution < 1.29 is 18.6 Å². The molecule has 2 aromatic carbocycles. The molecule has 0 aliphatic rings. The van der Waals surface area contributed by atoms with Gasteiger partial charge in [-0.1, -0.05) is 12.1 Å². The average Bonchev–Trinajstić information content (AvgIpc) is 2.38. The van der Waals surface area contributed by atoms with Crippen LogP contribution in [0.2, 0.25) is 0 Å². The molecule has 2 aromatic rings. The van der Waals surface area contributed by atoms with Gasteiger partial charge in [-0.3, -0.25) is 0 Å². The van der Waals surface area contributed by atoms with E-state index in [1.807, 2.05) is 0 Å². The van der Waals surface area contributed by atoms with Crippen LogP contribution in [-0.4, -0.2) is 5.11 Å². The summed E-state index contributed by atoms with van der Waals surface area (Å²) >= 11 is 0. The Bertz CT molecular complexity index is 637. The second-order valence-corrected chi connectivity index (χ2v) is 4.80. The summed E-state index contributed by atoms with van der Waals surface area (Å²) in [5.74, 6) is -0.592. The normalized spacial score (nSPS) is 12.3. The molecule has 4 heteroatoms. The van der Waals surface area contributed by atoms with Gasteiger partial charge in [-0.2, -0.15) is 0 Å². The second kappa shape index (κ2) is 5.59. The third-order valence-corrected chi connectivity index (χ3v) is 3.12. The zero-order valence-corrected chi connectivity index (χ0v) is 11.6. The van der Waals surface area contributed by atoms with Crippen molar-refractivity contribution in [2.45, 2.75) is 26.9 Å². The average molecular weight is 278 g/mol. The molecule has 0 aromatic heterocycles. The maximum absolute atomic E-state index is 13.9. The summed E-state index contributed by atoms with van der Waals surface area (Å²) < 4.78 is 33.0. The molecular formula is C16H16F2O2. The number of aliphatic hydroxyl groups is 1. The molecule has 1 atom stereocenters. The van der Waals surface area contributed by atoms with Crippen molar-refractivity contribution in [1.82, 2.24) is 0 Å². The first kappa shape index (κ1) is 14.5. The Kier molecular flexibility index (Phi) is 4.04. The van der Waals surface area contributed by atoms with Gasteiger partial charge in [0, 0.05) is 5.56 Å². The van der Waals surface area contributed by atoms with Crippen LogP contribution in [-0.2, 0) is 0 Å². The summed E-state index contributed by atoms with van der Waals surface area (Å²) in [5, 5.41) is 9.68. The van der Waals surface area contributed by atoms with Crippen molar-refractivity contribution in [3.63, 3.8) is 0 Å². The quantitative estimate of drug-likeness (QED) is 0.900. The van der Waals surface area contributed by atoms with Gasteiger partial charge in [0.1, 0.15) is 11.6 Å². The molecular weight excluding hydrogens is 262 g/mol. The van der Waals surface area contributed by atoms with Crippen molar-refractivity contribution in [3.8, 4) is 11.5 Å². The van der Waals surface area contributed by atoms with Crippen LogP contribution in [0.15, 0.2) is 30.3 Å². The summed E-state index contributed by atoms with van der Waals surface area (Å²) in [5.41, 5.74) is 1.12. The van der Waals surface area contributed by atoms with E-state index >= 15 is 0 Å². The van der Waals surface area contributed by atoms with E-state index in [4.69, 9.17) is 4.74 Å². The van der Waals surface area contributed by atoms with Crippen molar-refractivity contribution in [2.24, 2.45) is 0 Å². The lowest BCUT2D eigenvalue weighted by Gasteiger charge is -2.15. The van der Waals surface area contributed by atoms with Crippen LogP contribution < -0.4 is 4.74 Å². The molecule has 0 amide bonds. The van der Waals surface area contributed by atoms with Crippen molar-refractivity contribution in [1.29, 1.82) is 0 Å². The van der Waals surface area contributed by atoms with E-state index < -0.39 is 17.7 Å². The SMILES string of the molecule is Cc1cc(Oc2cccc(C)c2F)c([C@@H](C)O)cc1F. The van der Waals surface area contributed by atoms with Crippen LogP contribution in [0.5, 0.6) is 11.5 Å². The number of halogens is 2. The Morgan fingerprint density at radius 3 is 2.40 bits per heavy atom. The van der Waals surface area contributed by atoms with Crippen LogP contribution in [0.25, 0.3) is 0 Å². The van der Waals surface area contributed by atoms with Crippen LogP contribution >= 0.6 is 0 Å². The van der Waals surface area contributed by atoms with Crippen molar-refractivity contribution >= 4 is 0 Å². The van der Waals surface area contributed by atoms with Crippen molar-refractivity contribution in [3.05, 3.63) is 58.7 Å². The number of hydrogen-bond donors (Lipinski definition) is 1. The third-order valence-electron chi connectivity index (χ3n) is 3.12. The second-order valence-electron chi connectivity index (χ2n) is 4.80. The fraction of sp³-hybridized carbons (Fsp3) is 0.250. The topological polar surface area (TPSA) is 29.5 Å². The van der Waals surface area contributed by atoms with Crippen LogP contribution in [0, 0.1) is 25.5 Å². The number of aryl methyl sites for hydroxylation is 2. The Morgan fingerprint density at radius 2 is 1.75 bits per heavy atom. The number of benzene rings is 2. The summed E-state index contributed by atoms with van der Waals surface area (Å²) in [6, 6.07) is 7.47. The van der Waals surface area contributed by atoms with Gasteiger partial charge in [0.25, 0.3) is 0 Å². The van der Waals surface area contributed by atoms with Crippen LogP contribution in [0.4, 0.5) is 8.78 Å². The number of rotatable bonds is 3. The van der Waals surface area contributed by atoms with E-state index in [1.54, 1.807) is 26.0 Å². The molecule has 0 aliphatic carbocycles. The zero-order valence-electron chi connectivity index (χ0n) is 11.6. The maximum Gasteiger partial charge on any atom is 0.168 e. The molecule has 0 spiro atoms. The molecule has 0 aliphatic heterocycles. The largest absolute Gasteiger partial charge is 0.454 e. The van der Waals surface area contributed by atoms with E-state index in [1.165, 1.54) is 25.1 Å². The molecule has 2 nitrogen and oxygen atoms in total. The molecule has 0 saturated heterocycles. The number of aliphatic hydroxyl groups excluding tert-OH is 1. The fourth-order valence-corrected chi connectivity index (χ4v) is 1.90. The lowest BCUT2D eigenvalue weighted by Crippen LogP contribution is -2.00. The minimum Gasteiger partial charge on any atom is -0.454 e. The van der Waals surface area contributed by atoms with Gasteiger partial charge in [-0.05, 0) is 50.1 Å². The molecule has 0 bridgehead atoms. The molecule has 0 heterocycles. The lowest BCUT2D eigenvalue weighted by atomic mass is 10.1. The molecule has 0 saturated carbocycles. The minimum absolute atomic E-state index is 0.0536. The zero-order chi connectivity index (χ0) is 14.9. The molecule has 0 radical (unpaired) electrons. The smallest absolute Gasteiger partial charge is 0.168 e. The highest BCUT2D eigenvalue weighted by atomic mass is 19.1. The van der Waals surface area contributed by atoms with E-state index in [0.29, 0.717) is 11.1 Å². The maximum atomic E-state index is 13.9. The summed E-state index contributed by atoms with van der Waals surface area (Å²) in [7, 11) is 0. The molecule has 0 unspecified atom stereocenters. The van der Waals surface area contributed by atoms with Gasteiger partial charge in [-0.15, -0.1) is 0 Å².